The smallest absolute Gasteiger partial charge is 0.253 e. The molecule has 2 heterocycles. The predicted octanol–water partition coefficient (Wildman–Crippen LogP) is 2.76. The number of piperidine rings is 1. The summed E-state index contributed by atoms with van der Waals surface area (Å²) in [5, 5.41) is 2.79. The van der Waals surface area contributed by atoms with E-state index in [-0.39, 0.29) is 16.8 Å². The first-order valence-electron chi connectivity index (χ1n) is 9.06. The molecule has 0 aromatic heterocycles. The van der Waals surface area contributed by atoms with Crippen molar-refractivity contribution in [3.05, 3.63) is 24.3 Å². The van der Waals surface area contributed by atoms with Crippen molar-refractivity contribution in [3.8, 4) is 0 Å². The molecule has 0 aliphatic carbocycles. The van der Waals surface area contributed by atoms with E-state index in [1.807, 2.05) is 6.92 Å². The maximum absolute atomic E-state index is 12.9. The van der Waals surface area contributed by atoms with Crippen LogP contribution in [-0.4, -0.2) is 43.9 Å². The van der Waals surface area contributed by atoms with Gasteiger partial charge >= 0.3 is 0 Å². The fraction of sp³-hybridized carbons (Fsp3) is 0.611. The van der Waals surface area contributed by atoms with Gasteiger partial charge in [0.05, 0.1) is 4.90 Å². The number of hydrogen-bond donors (Lipinski definition) is 1. The molecule has 2 fully saturated rings. The van der Waals surface area contributed by atoms with Gasteiger partial charge in [0.2, 0.25) is 10.0 Å². The Morgan fingerprint density at radius 2 is 1.96 bits per heavy atom. The largest absolute Gasteiger partial charge is 0.368 e. The summed E-state index contributed by atoms with van der Waals surface area (Å²) >= 11 is 0. The number of hydrogen-bond acceptors (Lipinski definition) is 4. The van der Waals surface area contributed by atoms with E-state index in [0.717, 1.165) is 38.5 Å². The van der Waals surface area contributed by atoms with Gasteiger partial charge in [0, 0.05) is 24.9 Å². The van der Waals surface area contributed by atoms with Gasteiger partial charge in [-0.05, 0) is 56.4 Å². The minimum absolute atomic E-state index is 0.0812. The van der Waals surface area contributed by atoms with Crippen molar-refractivity contribution in [2.24, 2.45) is 0 Å². The third kappa shape index (κ3) is 4.04. The summed E-state index contributed by atoms with van der Waals surface area (Å²) in [7, 11) is -3.49. The highest BCUT2D eigenvalue weighted by Crippen LogP contribution is 2.27. The molecule has 6 nitrogen and oxygen atoms in total. The number of ether oxygens (including phenoxy) is 1. The lowest BCUT2D eigenvalue weighted by molar-refractivity contribution is -0.124. The molecule has 1 amide bonds. The molecule has 138 valence electrons. The van der Waals surface area contributed by atoms with E-state index in [0.29, 0.717) is 18.8 Å². The van der Waals surface area contributed by atoms with E-state index in [1.54, 1.807) is 28.6 Å². The van der Waals surface area contributed by atoms with Crippen LogP contribution in [0.5, 0.6) is 0 Å². The number of sulfonamides is 1. The third-order valence-corrected chi connectivity index (χ3v) is 6.96. The lowest BCUT2D eigenvalue weighted by Crippen LogP contribution is -2.43. The van der Waals surface area contributed by atoms with Gasteiger partial charge in [-0.1, -0.05) is 13.3 Å². The molecule has 0 spiro atoms. The molecular formula is C18H26N2O4S. The van der Waals surface area contributed by atoms with Crippen molar-refractivity contribution in [3.63, 3.8) is 0 Å². The lowest BCUT2D eigenvalue weighted by atomic mass is 10.0. The topological polar surface area (TPSA) is 75.7 Å². The quantitative estimate of drug-likeness (QED) is 0.869. The average Bonchev–Trinajstić information content (AvgIpc) is 3.17. The number of benzene rings is 1. The Bertz CT molecular complexity index is 696. The normalized spacial score (nSPS) is 25.0. The maximum atomic E-state index is 12.9. The van der Waals surface area contributed by atoms with Crippen LogP contribution in [0.1, 0.15) is 45.4 Å². The van der Waals surface area contributed by atoms with Crippen LogP contribution in [0.15, 0.2) is 29.2 Å². The molecule has 2 atom stereocenters. The van der Waals surface area contributed by atoms with Crippen LogP contribution in [0.2, 0.25) is 0 Å². The second kappa shape index (κ2) is 7.85. The number of anilines is 1. The zero-order valence-corrected chi connectivity index (χ0v) is 15.4. The Morgan fingerprint density at radius 1 is 1.20 bits per heavy atom. The molecule has 1 aromatic rings. The van der Waals surface area contributed by atoms with Gasteiger partial charge in [0.25, 0.3) is 5.91 Å². The van der Waals surface area contributed by atoms with Gasteiger partial charge in [-0.2, -0.15) is 4.31 Å². The van der Waals surface area contributed by atoms with Crippen LogP contribution in [0, 0.1) is 0 Å². The zero-order chi connectivity index (χ0) is 17.9. The molecule has 7 heteroatoms. The monoisotopic (exact) mass is 366 g/mol. The number of nitrogens with one attached hydrogen (secondary N) is 1. The predicted molar refractivity (Wildman–Crippen MR) is 95.9 cm³/mol. The summed E-state index contributed by atoms with van der Waals surface area (Å²) in [6, 6.07) is 6.51. The van der Waals surface area contributed by atoms with E-state index in [1.165, 1.54) is 0 Å². The van der Waals surface area contributed by atoms with Crippen molar-refractivity contribution < 1.29 is 17.9 Å². The van der Waals surface area contributed by atoms with Gasteiger partial charge in [0.15, 0.2) is 0 Å². The summed E-state index contributed by atoms with van der Waals surface area (Å²) in [6.07, 6.45) is 4.96. The summed E-state index contributed by atoms with van der Waals surface area (Å²) < 4.78 is 32.8. The molecule has 2 aliphatic rings. The van der Waals surface area contributed by atoms with Gasteiger partial charge < -0.3 is 10.1 Å². The molecular weight excluding hydrogens is 340 g/mol. The molecule has 0 unspecified atom stereocenters. The molecule has 25 heavy (non-hydrogen) atoms. The summed E-state index contributed by atoms with van der Waals surface area (Å²) in [4.78, 5) is 12.3. The standard InChI is InChI=1S/C18H26N2O4S/c1-2-15-6-3-4-12-20(15)25(22,23)16-10-8-14(9-11-16)19-18(21)17-7-5-13-24-17/h8-11,15,17H,2-7,12-13H2,1H3,(H,19,21)/t15-,17-/m1/s1. The number of amides is 1. The first kappa shape index (κ1) is 18.4. The summed E-state index contributed by atoms with van der Waals surface area (Å²) in [6.45, 7) is 3.23. The highest BCUT2D eigenvalue weighted by Gasteiger charge is 2.32. The van der Waals surface area contributed by atoms with Crippen LogP contribution >= 0.6 is 0 Å². The number of carbonyl (C=O) groups excluding carboxylic acids is 1. The second-order valence-electron chi connectivity index (χ2n) is 6.69. The van der Waals surface area contributed by atoms with Crippen molar-refractivity contribution in [2.75, 3.05) is 18.5 Å². The number of nitrogens with zero attached hydrogens (tertiary/aromatic N) is 1. The molecule has 0 radical (unpaired) electrons. The Morgan fingerprint density at radius 3 is 2.60 bits per heavy atom. The fourth-order valence-electron chi connectivity index (χ4n) is 3.55. The van der Waals surface area contributed by atoms with Crippen LogP contribution in [0.3, 0.4) is 0 Å². The van der Waals surface area contributed by atoms with Crippen LogP contribution in [0.4, 0.5) is 5.69 Å². The first-order valence-corrected chi connectivity index (χ1v) is 10.5. The van der Waals surface area contributed by atoms with Gasteiger partial charge in [0.1, 0.15) is 6.10 Å². The Kier molecular flexibility index (Phi) is 5.76. The van der Waals surface area contributed by atoms with E-state index in [9.17, 15) is 13.2 Å². The SMILES string of the molecule is CC[C@@H]1CCCCN1S(=O)(=O)c1ccc(NC(=O)[C@H]2CCCO2)cc1. The number of rotatable bonds is 5. The molecule has 0 saturated carbocycles. The van der Waals surface area contributed by atoms with Gasteiger partial charge in [-0.15, -0.1) is 0 Å². The maximum Gasteiger partial charge on any atom is 0.253 e. The van der Waals surface area contributed by atoms with Crippen LogP contribution < -0.4 is 5.32 Å². The minimum Gasteiger partial charge on any atom is -0.368 e. The van der Waals surface area contributed by atoms with Crippen molar-refractivity contribution in [1.82, 2.24) is 4.31 Å². The van der Waals surface area contributed by atoms with E-state index in [4.69, 9.17) is 4.74 Å². The molecule has 3 rings (SSSR count). The summed E-state index contributed by atoms with van der Waals surface area (Å²) in [5.41, 5.74) is 0.588. The van der Waals surface area contributed by atoms with Crippen molar-refractivity contribution >= 4 is 21.6 Å². The molecule has 1 aromatic carbocycles. The minimum atomic E-state index is -3.49. The molecule has 0 bridgehead atoms. The second-order valence-corrected chi connectivity index (χ2v) is 8.58. The Hall–Kier alpha value is -1.44. The number of carbonyl (C=O) groups is 1. The highest BCUT2D eigenvalue weighted by molar-refractivity contribution is 7.89. The highest BCUT2D eigenvalue weighted by atomic mass is 32.2. The van der Waals surface area contributed by atoms with E-state index in [2.05, 4.69) is 5.32 Å². The first-order chi connectivity index (χ1) is 12.0. The van der Waals surface area contributed by atoms with Crippen molar-refractivity contribution in [2.45, 2.75) is 62.5 Å². The fourth-order valence-corrected chi connectivity index (χ4v) is 5.32. The van der Waals surface area contributed by atoms with Crippen molar-refractivity contribution in [1.29, 1.82) is 0 Å². The van der Waals surface area contributed by atoms with Gasteiger partial charge in [-0.25, -0.2) is 8.42 Å². The summed E-state index contributed by atoms with van der Waals surface area (Å²) in [5.74, 6) is -0.171. The third-order valence-electron chi connectivity index (χ3n) is 4.99. The van der Waals surface area contributed by atoms with Crippen LogP contribution in [-0.2, 0) is 19.6 Å². The lowest BCUT2D eigenvalue weighted by Gasteiger charge is -2.34. The Balaban J connectivity index is 1.71. The van der Waals surface area contributed by atoms with E-state index < -0.39 is 16.1 Å². The average molecular weight is 366 g/mol. The zero-order valence-electron chi connectivity index (χ0n) is 14.6. The molecule has 2 aliphatic heterocycles. The Labute approximate surface area is 149 Å². The van der Waals surface area contributed by atoms with Gasteiger partial charge in [-0.3, -0.25) is 4.79 Å². The van der Waals surface area contributed by atoms with Crippen LogP contribution in [0.25, 0.3) is 0 Å². The molecule has 2 saturated heterocycles. The van der Waals surface area contributed by atoms with E-state index >= 15 is 0 Å². The molecule has 1 N–H and O–H groups in total.